The predicted molar refractivity (Wildman–Crippen MR) is 72.1 cm³/mol. The maximum Gasteiger partial charge on any atom is 0.240 e. The fraction of sp³-hybridized carbons (Fsp3) is 0.500. The first-order valence-corrected chi connectivity index (χ1v) is 7.17. The molecule has 0 aliphatic rings. The van der Waals surface area contributed by atoms with Crippen LogP contribution >= 0.6 is 0 Å². The fourth-order valence-corrected chi connectivity index (χ4v) is 2.00. The van der Waals surface area contributed by atoms with Crippen LogP contribution in [-0.4, -0.2) is 32.2 Å². The Kier molecular flexibility index (Phi) is 4.37. The van der Waals surface area contributed by atoms with Gasteiger partial charge in [-0.05, 0) is 52.1 Å². The summed E-state index contributed by atoms with van der Waals surface area (Å²) in [6.45, 7) is 5.28. The van der Waals surface area contributed by atoms with E-state index in [0.717, 1.165) is 5.69 Å². The zero-order valence-corrected chi connectivity index (χ0v) is 11.9. The molecular weight excluding hydrogens is 252 g/mol. The first-order valence-electron chi connectivity index (χ1n) is 5.69. The Labute approximate surface area is 108 Å². The largest absolute Gasteiger partial charge is 0.388 e. The molecule has 0 amide bonds. The maximum absolute atomic E-state index is 11.5. The fourth-order valence-electron chi connectivity index (χ4n) is 1.27. The van der Waals surface area contributed by atoms with Gasteiger partial charge in [0.25, 0.3) is 0 Å². The average molecular weight is 272 g/mol. The minimum Gasteiger partial charge on any atom is -0.388 e. The summed E-state index contributed by atoms with van der Waals surface area (Å²) < 4.78 is 25.3. The Morgan fingerprint density at radius 1 is 1.22 bits per heavy atom. The van der Waals surface area contributed by atoms with Crippen LogP contribution in [0.1, 0.15) is 20.8 Å². The summed E-state index contributed by atoms with van der Waals surface area (Å²) >= 11 is 0. The zero-order valence-electron chi connectivity index (χ0n) is 11.1. The lowest BCUT2D eigenvalue weighted by molar-refractivity contribution is 0.0649. The average Bonchev–Trinajstić information content (AvgIpc) is 2.28. The van der Waals surface area contributed by atoms with E-state index in [1.54, 1.807) is 26.0 Å². The van der Waals surface area contributed by atoms with Crippen LogP contribution in [0, 0.1) is 0 Å². The van der Waals surface area contributed by atoms with Crippen LogP contribution in [0.2, 0.25) is 0 Å². The highest BCUT2D eigenvalue weighted by molar-refractivity contribution is 7.89. The molecule has 1 aromatic rings. The highest BCUT2D eigenvalue weighted by atomic mass is 32.2. The molecule has 0 bridgehead atoms. The lowest BCUT2D eigenvalue weighted by Crippen LogP contribution is -2.39. The van der Waals surface area contributed by atoms with Crippen LogP contribution in [-0.2, 0) is 10.0 Å². The molecule has 0 spiro atoms. The van der Waals surface area contributed by atoms with Crippen LogP contribution < -0.4 is 10.0 Å². The van der Waals surface area contributed by atoms with E-state index in [-0.39, 0.29) is 10.9 Å². The molecule has 1 atom stereocenters. The molecule has 0 saturated heterocycles. The maximum atomic E-state index is 11.5. The number of hydrogen-bond donors (Lipinski definition) is 3. The van der Waals surface area contributed by atoms with E-state index < -0.39 is 15.6 Å². The zero-order chi connectivity index (χ0) is 14.0. The monoisotopic (exact) mass is 272 g/mol. The topological polar surface area (TPSA) is 78.4 Å². The van der Waals surface area contributed by atoms with Crippen molar-refractivity contribution in [1.82, 2.24) is 4.72 Å². The van der Waals surface area contributed by atoms with E-state index >= 15 is 0 Å². The van der Waals surface area contributed by atoms with Crippen molar-refractivity contribution in [2.24, 2.45) is 0 Å². The predicted octanol–water partition coefficient (Wildman–Crippen LogP) is 1.17. The number of anilines is 1. The molecule has 0 radical (unpaired) electrons. The van der Waals surface area contributed by atoms with E-state index in [2.05, 4.69) is 10.0 Å². The van der Waals surface area contributed by atoms with E-state index in [1.165, 1.54) is 19.2 Å². The molecule has 1 unspecified atom stereocenters. The Morgan fingerprint density at radius 3 is 2.11 bits per heavy atom. The van der Waals surface area contributed by atoms with Crippen molar-refractivity contribution in [3.8, 4) is 0 Å². The summed E-state index contributed by atoms with van der Waals surface area (Å²) in [4.78, 5) is 0.214. The molecule has 0 aromatic heterocycles. The number of sulfonamides is 1. The van der Waals surface area contributed by atoms with Gasteiger partial charge in [0, 0.05) is 5.69 Å². The van der Waals surface area contributed by atoms with Gasteiger partial charge in [-0.1, -0.05) is 0 Å². The van der Waals surface area contributed by atoms with Gasteiger partial charge in [0.05, 0.1) is 16.5 Å². The van der Waals surface area contributed by atoms with Gasteiger partial charge in [0.15, 0.2) is 0 Å². The van der Waals surface area contributed by atoms with Gasteiger partial charge in [0.2, 0.25) is 10.0 Å². The number of aliphatic hydroxyl groups is 1. The summed E-state index contributed by atoms with van der Waals surface area (Å²) in [5.41, 5.74) is -0.0879. The highest BCUT2D eigenvalue weighted by Crippen LogP contribution is 2.18. The summed E-state index contributed by atoms with van der Waals surface area (Å²) in [5, 5.41) is 12.9. The number of rotatable bonds is 5. The van der Waals surface area contributed by atoms with Gasteiger partial charge in [-0.3, -0.25) is 0 Å². The number of nitrogens with one attached hydrogen (secondary N) is 2. The van der Waals surface area contributed by atoms with Crippen molar-refractivity contribution < 1.29 is 13.5 Å². The Balaban J connectivity index is 2.85. The van der Waals surface area contributed by atoms with Gasteiger partial charge >= 0.3 is 0 Å². The summed E-state index contributed by atoms with van der Waals surface area (Å²) in [5.74, 6) is 0. The molecule has 0 saturated carbocycles. The first-order chi connectivity index (χ1) is 8.16. The second-order valence-corrected chi connectivity index (χ2v) is 6.64. The molecule has 1 rings (SSSR count). The van der Waals surface area contributed by atoms with Crippen molar-refractivity contribution in [2.75, 3.05) is 12.4 Å². The Hall–Kier alpha value is -1.11. The standard InChI is InChI=1S/C12H20N2O3S/c1-9(12(2,3)15)14-10-5-7-11(8-6-10)18(16,17)13-4/h5-9,13-15H,1-4H3. The van der Waals surface area contributed by atoms with Gasteiger partial charge in [-0.15, -0.1) is 0 Å². The van der Waals surface area contributed by atoms with Crippen LogP contribution in [0.5, 0.6) is 0 Å². The van der Waals surface area contributed by atoms with Crippen molar-refractivity contribution in [2.45, 2.75) is 37.3 Å². The summed E-state index contributed by atoms with van der Waals surface area (Å²) in [6.07, 6.45) is 0. The van der Waals surface area contributed by atoms with Gasteiger partial charge in [-0.25, -0.2) is 13.1 Å². The lowest BCUT2D eigenvalue weighted by atomic mass is 10.0. The van der Waals surface area contributed by atoms with Crippen LogP contribution in [0.25, 0.3) is 0 Å². The minimum absolute atomic E-state index is 0.149. The van der Waals surface area contributed by atoms with Gasteiger partial charge in [0.1, 0.15) is 0 Å². The van der Waals surface area contributed by atoms with Crippen LogP contribution in [0.4, 0.5) is 5.69 Å². The van der Waals surface area contributed by atoms with Crippen LogP contribution in [0.3, 0.4) is 0 Å². The quantitative estimate of drug-likeness (QED) is 0.752. The van der Waals surface area contributed by atoms with E-state index in [0.29, 0.717) is 0 Å². The smallest absolute Gasteiger partial charge is 0.240 e. The van der Waals surface area contributed by atoms with Crippen molar-refractivity contribution in [3.63, 3.8) is 0 Å². The second-order valence-electron chi connectivity index (χ2n) is 4.75. The van der Waals surface area contributed by atoms with E-state index in [1.807, 2.05) is 6.92 Å². The molecule has 6 heteroatoms. The number of benzene rings is 1. The molecule has 0 aliphatic carbocycles. The summed E-state index contributed by atoms with van der Waals surface area (Å²) in [7, 11) is -2.03. The molecule has 0 heterocycles. The molecule has 0 aliphatic heterocycles. The molecule has 0 fully saturated rings. The molecule has 5 nitrogen and oxygen atoms in total. The Bertz CT molecular complexity index is 489. The second kappa shape index (κ2) is 5.26. The third-order valence-corrected chi connectivity index (χ3v) is 4.31. The van der Waals surface area contributed by atoms with Crippen molar-refractivity contribution in [3.05, 3.63) is 24.3 Å². The van der Waals surface area contributed by atoms with E-state index in [4.69, 9.17) is 0 Å². The highest BCUT2D eigenvalue weighted by Gasteiger charge is 2.22. The van der Waals surface area contributed by atoms with Crippen molar-refractivity contribution >= 4 is 15.7 Å². The van der Waals surface area contributed by atoms with Crippen LogP contribution in [0.15, 0.2) is 29.2 Å². The Morgan fingerprint density at radius 2 is 1.72 bits per heavy atom. The molecule has 1 aromatic carbocycles. The third-order valence-electron chi connectivity index (χ3n) is 2.88. The van der Waals surface area contributed by atoms with Crippen molar-refractivity contribution in [1.29, 1.82) is 0 Å². The summed E-state index contributed by atoms with van der Waals surface area (Å²) in [6, 6.07) is 6.24. The minimum atomic E-state index is -3.40. The lowest BCUT2D eigenvalue weighted by Gasteiger charge is -2.27. The third kappa shape index (κ3) is 3.69. The molecule has 102 valence electrons. The normalized spacial score (nSPS) is 14.3. The molecule has 3 N–H and O–H groups in total. The number of hydrogen-bond acceptors (Lipinski definition) is 4. The van der Waals surface area contributed by atoms with Gasteiger partial charge < -0.3 is 10.4 Å². The SMILES string of the molecule is CNS(=O)(=O)c1ccc(NC(C)C(C)(C)O)cc1. The van der Waals surface area contributed by atoms with Gasteiger partial charge in [-0.2, -0.15) is 0 Å². The molecular formula is C12H20N2O3S. The molecule has 18 heavy (non-hydrogen) atoms. The first kappa shape index (κ1) is 14.9. The van der Waals surface area contributed by atoms with E-state index in [9.17, 15) is 13.5 Å².